The lowest BCUT2D eigenvalue weighted by Gasteiger charge is -2.08. The van der Waals surface area contributed by atoms with Crippen LogP contribution >= 0.6 is 0 Å². The van der Waals surface area contributed by atoms with Crippen LogP contribution in [0.1, 0.15) is 25.8 Å². The summed E-state index contributed by atoms with van der Waals surface area (Å²) in [5, 5.41) is 0. The standard InChI is InChI=1S/C17H20O6/c1-3-21-15(18)10-14(11-16(19)22-4-2)17(20)23-12-13-8-6-5-7-9-13/h5-10H,3-4,11-12H2,1-2H3/b14-10+. The van der Waals surface area contributed by atoms with Crippen molar-refractivity contribution in [1.29, 1.82) is 0 Å². The molecule has 0 radical (unpaired) electrons. The number of benzene rings is 1. The van der Waals surface area contributed by atoms with E-state index < -0.39 is 17.9 Å². The van der Waals surface area contributed by atoms with Gasteiger partial charge in [-0.1, -0.05) is 30.3 Å². The maximum Gasteiger partial charge on any atom is 0.335 e. The van der Waals surface area contributed by atoms with E-state index in [0.29, 0.717) is 0 Å². The Morgan fingerprint density at radius 1 is 0.957 bits per heavy atom. The first-order valence-electron chi connectivity index (χ1n) is 7.30. The number of hydrogen-bond acceptors (Lipinski definition) is 6. The van der Waals surface area contributed by atoms with Crippen molar-refractivity contribution in [3.8, 4) is 0 Å². The summed E-state index contributed by atoms with van der Waals surface area (Å²) >= 11 is 0. The van der Waals surface area contributed by atoms with Gasteiger partial charge >= 0.3 is 17.9 Å². The second kappa shape index (κ2) is 10.2. The van der Waals surface area contributed by atoms with Gasteiger partial charge in [0.05, 0.1) is 25.2 Å². The third-order valence-corrected chi connectivity index (χ3v) is 2.69. The molecular formula is C17H20O6. The highest BCUT2D eigenvalue weighted by atomic mass is 16.5. The summed E-state index contributed by atoms with van der Waals surface area (Å²) in [4.78, 5) is 35.2. The minimum atomic E-state index is -0.755. The van der Waals surface area contributed by atoms with Crippen molar-refractivity contribution in [3.05, 3.63) is 47.5 Å². The summed E-state index contributed by atoms with van der Waals surface area (Å²) in [6.07, 6.45) is 0.619. The Labute approximate surface area is 135 Å². The molecule has 1 rings (SSSR count). The van der Waals surface area contributed by atoms with Gasteiger partial charge in [0.1, 0.15) is 6.61 Å². The molecule has 124 valence electrons. The van der Waals surface area contributed by atoms with E-state index in [9.17, 15) is 14.4 Å². The molecule has 0 saturated carbocycles. The molecule has 0 heterocycles. The van der Waals surface area contributed by atoms with Gasteiger partial charge in [-0.05, 0) is 19.4 Å². The quantitative estimate of drug-likeness (QED) is 0.415. The van der Waals surface area contributed by atoms with Crippen molar-refractivity contribution >= 4 is 17.9 Å². The molecule has 1 aromatic carbocycles. The minimum absolute atomic E-state index is 0.0443. The zero-order valence-corrected chi connectivity index (χ0v) is 13.2. The smallest absolute Gasteiger partial charge is 0.335 e. The van der Waals surface area contributed by atoms with Crippen LogP contribution in [0.5, 0.6) is 0 Å². The first-order valence-corrected chi connectivity index (χ1v) is 7.30. The van der Waals surface area contributed by atoms with Crippen LogP contribution in [-0.2, 0) is 35.2 Å². The molecule has 0 aliphatic heterocycles. The third-order valence-electron chi connectivity index (χ3n) is 2.69. The number of ether oxygens (including phenoxy) is 3. The van der Waals surface area contributed by atoms with Gasteiger partial charge in [-0.25, -0.2) is 9.59 Å². The molecule has 0 fully saturated rings. The highest BCUT2D eigenvalue weighted by Crippen LogP contribution is 2.10. The van der Waals surface area contributed by atoms with Gasteiger partial charge in [0.15, 0.2) is 0 Å². The first-order chi connectivity index (χ1) is 11.1. The fourth-order valence-electron chi connectivity index (χ4n) is 1.69. The van der Waals surface area contributed by atoms with Crippen molar-refractivity contribution in [1.82, 2.24) is 0 Å². The van der Waals surface area contributed by atoms with Gasteiger partial charge < -0.3 is 14.2 Å². The Kier molecular flexibility index (Phi) is 8.13. The summed E-state index contributed by atoms with van der Waals surface area (Å²) in [7, 11) is 0. The van der Waals surface area contributed by atoms with E-state index in [1.165, 1.54) is 0 Å². The number of hydrogen-bond donors (Lipinski definition) is 0. The average Bonchev–Trinajstić information content (AvgIpc) is 2.53. The van der Waals surface area contributed by atoms with Crippen molar-refractivity contribution < 1.29 is 28.6 Å². The molecule has 0 spiro atoms. The lowest BCUT2D eigenvalue weighted by atomic mass is 10.1. The molecular weight excluding hydrogens is 300 g/mol. The van der Waals surface area contributed by atoms with E-state index in [1.54, 1.807) is 26.0 Å². The third kappa shape index (κ3) is 7.26. The molecule has 0 bridgehead atoms. The predicted molar refractivity (Wildman–Crippen MR) is 82.2 cm³/mol. The number of rotatable bonds is 8. The molecule has 0 amide bonds. The van der Waals surface area contributed by atoms with Crippen LogP contribution < -0.4 is 0 Å². The molecule has 0 aromatic heterocycles. The van der Waals surface area contributed by atoms with Gasteiger partial charge in [-0.3, -0.25) is 4.79 Å². The number of esters is 3. The average molecular weight is 320 g/mol. The zero-order valence-electron chi connectivity index (χ0n) is 13.2. The molecule has 0 unspecified atom stereocenters. The van der Waals surface area contributed by atoms with Crippen LogP contribution in [0.4, 0.5) is 0 Å². The SMILES string of the molecule is CCOC(=O)/C=C(\CC(=O)OCC)C(=O)OCc1ccccc1. The maximum atomic E-state index is 12.1. The molecule has 0 N–H and O–H groups in total. The summed E-state index contributed by atoms with van der Waals surface area (Å²) in [6.45, 7) is 3.69. The second-order valence-electron chi connectivity index (χ2n) is 4.47. The molecule has 0 saturated heterocycles. The van der Waals surface area contributed by atoms with Crippen LogP contribution in [0.15, 0.2) is 42.0 Å². The Morgan fingerprint density at radius 3 is 2.22 bits per heavy atom. The van der Waals surface area contributed by atoms with E-state index in [4.69, 9.17) is 14.2 Å². The Morgan fingerprint density at radius 2 is 1.61 bits per heavy atom. The van der Waals surface area contributed by atoms with Crippen molar-refractivity contribution in [2.24, 2.45) is 0 Å². The van der Waals surface area contributed by atoms with E-state index in [0.717, 1.165) is 11.6 Å². The van der Waals surface area contributed by atoms with Gasteiger partial charge in [0, 0.05) is 6.08 Å². The van der Waals surface area contributed by atoms with Crippen LogP contribution in [0.3, 0.4) is 0 Å². The minimum Gasteiger partial charge on any atom is -0.466 e. The van der Waals surface area contributed by atoms with E-state index >= 15 is 0 Å². The summed E-state index contributed by atoms with van der Waals surface area (Å²) in [5.41, 5.74) is 0.699. The predicted octanol–water partition coefficient (Wildman–Crippen LogP) is 2.17. The first kappa shape index (κ1) is 18.4. The van der Waals surface area contributed by atoms with E-state index in [-0.39, 0.29) is 31.8 Å². The number of carbonyl (C=O) groups excluding carboxylic acids is 3. The molecule has 0 aliphatic carbocycles. The fourth-order valence-corrected chi connectivity index (χ4v) is 1.69. The monoisotopic (exact) mass is 320 g/mol. The molecule has 0 atom stereocenters. The van der Waals surface area contributed by atoms with E-state index in [2.05, 4.69) is 0 Å². The highest BCUT2D eigenvalue weighted by Gasteiger charge is 2.18. The largest absolute Gasteiger partial charge is 0.466 e. The van der Waals surface area contributed by atoms with Gasteiger partial charge in [0.25, 0.3) is 0 Å². The van der Waals surface area contributed by atoms with E-state index in [1.807, 2.05) is 18.2 Å². The molecule has 23 heavy (non-hydrogen) atoms. The summed E-state index contributed by atoms with van der Waals surface area (Å²) in [6, 6.07) is 9.08. The normalized spacial score (nSPS) is 10.8. The molecule has 6 heteroatoms. The van der Waals surface area contributed by atoms with Crippen LogP contribution in [-0.4, -0.2) is 31.1 Å². The maximum absolute atomic E-state index is 12.1. The Bertz CT molecular complexity index is 562. The molecule has 0 aliphatic rings. The second-order valence-corrected chi connectivity index (χ2v) is 4.47. The Hall–Kier alpha value is -2.63. The Balaban J connectivity index is 2.74. The van der Waals surface area contributed by atoms with Crippen molar-refractivity contribution in [2.45, 2.75) is 26.9 Å². The lowest BCUT2D eigenvalue weighted by Crippen LogP contribution is -2.15. The number of carbonyl (C=O) groups is 3. The summed E-state index contributed by atoms with van der Waals surface area (Å²) < 4.78 is 14.7. The van der Waals surface area contributed by atoms with Gasteiger partial charge in [0.2, 0.25) is 0 Å². The molecule has 6 nitrogen and oxygen atoms in total. The van der Waals surface area contributed by atoms with Crippen LogP contribution in [0, 0.1) is 0 Å². The molecule has 1 aromatic rings. The lowest BCUT2D eigenvalue weighted by molar-refractivity contribution is -0.146. The summed E-state index contributed by atoms with van der Waals surface area (Å²) in [5.74, 6) is -2.07. The van der Waals surface area contributed by atoms with Crippen LogP contribution in [0.25, 0.3) is 0 Å². The van der Waals surface area contributed by atoms with Crippen molar-refractivity contribution in [3.63, 3.8) is 0 Å². The van der Waals surface area contributed by atoms with Gasteiger partial charge in [-0.15, -0.1) is 0 Å². The van der Waals surface area contributed by atoms with Crippen molar-refractivity contribution in [2.75, 3.05) is 13.2 Å². The van der Waals surface area contributed by atoms with Gasteiger partial charge in [-0.2, -0.15) is 0 Å². The fraction of sp³-hybridized carbons (Fsp3) is 0.353. The zero-order chi connectivity index (χ0) is 17.1. The highest BCUT2D eigenvalue weighted by molar-refractivity contribution is 5.99. The topological polar surface area (TPSA) is 78.9 Å². The van der Waals surface area contributed by atoms with Crippen LogP contribution in [0.2, 0.25) is 0 Å².